The molecule has 1 atom stereocenters. The van der Waals surface area contributed by atoms with Crippen molar-refractivity contribution in [2.75, 3.05) is 6.61 Å². The highest BCUT2D eigenvalue weighted by atomic mass is 35.5. The Labute approximate surface area is 92.7 Å². The van der Waals surface area contributed by atoms with E-state index in [0.717, 1.165) is 6.07 Å². The summed E-state index contributed by atoms with van der Waals surface area (Å²) in [5.74, 6) is -1.56. The fraction of sp³-hybridized carbons (Fsp3) is 0.364. The molecule has 0 saturated heterocycles. The number of benzene rings is 1. The molecule has 1 aromatic rings. The Hall–Kier alpha value is -0.930. The highest BCUT2D eigenvalue weighted by Gasteiger charge is 2.20. The van der Waals surface area contributed by atoms with Crippen molar-refractivity contribution in [2.45, 2.75) is 13.3 Å². The van der Waals surface area contributed by atoms with Gasteiger partial charge in [0.1, 0.15) is 5.82 Å². The van der Waals surface area contributed by atoms with E-state index in [1.54, 1.807) is 6.92 Å². The van der Waals surface area contributed by atoms with Crippen molar-refractivity contribution in [1.29, 1.82) is 0 Å². The van der Waals surface area contributed by atoms with E-state index < -0.39 is 17.5 Å². The molecule has 0 aliphatic rings. The van der Waals surface area contributed by atoms with Gasteiger partial charge in [0, 0.05) is 10.9 Å². The van der Waals surface area contributed by atoms with E-state index in [0.29, 0.717) is 11.4 Å². The van der Waals surface area contributed by atoms with Gasteiger partial charge in [-0.2, -0.15) is 0 Å². The van der Waals surface area contributed by atoms with E-state index in [9.17, 15) is 9.18 Å². The van der Waals surface area contributed by atoms with Gasteiger partial charge >= 0.3 is 0 Å². The third-order valence-corrected chi connectivity index (χ3v) is 2.51. The Morgan fingerprint density at radius 2 is 2.27 bits per heavy atom. The lowest BCUT2D eigenvalue weighted by Crippen LogP contribution is -2.19. The number of carbonyl (C=O) groups excluding carboxylic acids is 1. The second kappa shape index (κ2) is 5.24. The van der Waals surface area contributed by atoms with Crippen LogP contribution in [0.15, 0.2) is 18.2 Å². The Balaban J connectivity index is 3.04. The van der Waals surface area contributed by atoms with Crippen molar-refractivity contribution in [3.63, 3.8) is 0 Å². The van der Waals surface area contributed by atoms with Crippen LogP contribution in [0.3, 0.4) is 0 Å². The van der Waals surface area contributed by atoms with E-state index in [2.05, 4.69) is 0 Å². The van der Waals surface area contributed by atoms with Crippen molar-refractivity contribution in [3.8, 4) is 0 Å². The maximum Gasteiger partial charge on any atom is 0.171 e. The van der Waals surface area contributed by atoms with Crippen LogP contribution in [0.1, 0.15) is 23.7 Å². The molecule has 4 heteroatoms. The van der Waals surface area contributed by atoms with Gasteiger partial charge in [-0.15, -0.1) is 0 Å². The number of halogens is 2. The fourth-order valence-corrected chi connectivity index (χ4v) is 1.48. The van der Waals surface area contributed by atoms with E-state index in [1.165, 1.54) is 12.1 Å². The van der Waals surface area contributed by atoms with Crippen molar-refractivity contribution in [1.82, 2.24) is 0 Å². The van der Waals surface area contributed by atoms with Crippen molar-refractivity contribution >= 4 is 17.4 Å². The topological polar surface area (TPSA) is 37.3 Å². The minimum absolute atomic E-state index is 0.0524. The number of Topliss-reactive ketones (excluding diaryl/α,β-unsaturated/α-hetero) is 1. The second-order valence-corrected chi connectivity index (χ2v) is 3.71. The lowest BCUT2D eigenvalue weighted by molar-refractivity contribution is 0.0852. The summed E-state index contributed by atoms with van der Waals surface area (Å²) in [5.41, 5.74) is -0.0524. The number of hydrogen-bond acceptors (Lipinski definition) is 2. The van der Waals surface area contributed by atoms with Crippen molar-refractivity contribution in [3.05, 3.63) is 34.6 Å². The van der Waals surface area contributed by atoms with Gasteiger partial charge in [-0.3, -0.25) is 4.79 Å². The number of ketones is 1. The molecule has 1 unspecified atom stereocenters. The first kappa shape index (κ1) is 12.1. The SMILES string of the molecule is CCC(CO)C(=O)c1cc(Cl)ccc1F. The monoisotopic (exact) mass is 230 g/mol. The van der Waals surface area contributed by atoms with Gasteiger partial charge in [0.25, 0.3) is 0 Å². The normalized spacial score (nSPS) is 12.5. The van der Waals surface area contributed by atoms with Gasteiger partial charge in [-0.1, -0.05) is 18.5 Å². The molecule has 0 bridgehead atoms. The molecule has 1 rings (SSSR count). The van der Waals surface area contributed by atoms with Crippen LogP contribution in [0.25, 0.3) is 0 Å². The predicted octanol–water partition coefficient (Wildman–Crippen LogP) is 2.68. The summed E-state index contributed by atoms with van der Waals surface area (Å²) < 4.78 is 13.3. The summed E-state index contributed by atoms with van der Waals surface area (Å²) in [6, 6.07) is 3.82. The number of aliphatic hydroxyl groups excluding tert-OH is 1. The quantitative estimate of drug-likeness (QED) is 0.808. The molecule has 0 fully saturated rings. The maximum atomic E-state index is 13.3. The van der Waals surface area contributed by atoms with Crippen LogP contribution in [0.4, 0.5) is 4.39 Å². The number of carbonyl (C=O) groups is 1. The molecular formula is C11H12ClFO2. The highest BCUT2D eigenvalue weighted by Crippen LogP contribution is 2.19. The Bertz CT molecular complexity index is 362. The minimum atomic E-state index is -0.601. The van der Waals surface area contributed by atoms with Crippen LogP contribution in [0.5, 0.6) is 0 Å². The van der Waals surface area contributed by atoms with E-state index in [1.807, 2.05) is 0 Å². The van der Waals surface area contributed by atoms with Crippen LogP contribution < -0.4 is 0 Å². The molecule has 0 aliphatic carbocycles. The van der Waals surface area contributed by atoms with Crippen molar-refractivity contribution < 1.29 is 14.3 Å². The number of rotatable bonds is 4. The van der Waals surface area contributed by atoms with Crippen LogP contribution in [0, 0.1) is 11.7 Å². The molecular weight excluding hydrogens is 219 g/mol. The molecule has 82 valence electrons. The molecule has 15 heavy (non-hydrogen) atoms. The first-order chi connectivity index (χ1) is 7.10. The average molecular weight is 231 g/mol. The smallest absolute Gasteiger partial charge is 0.171 e. The second-order valence-electron chi connectivity index (χ2n) is 3.28. The minimum Gasteiger partial charge on any atom is -0.396 e. The largest absolute Gasteiger partial charge is 0.396 e. The lowest BCUT2D eigenvalue weighted by Gasteiger charge is -2.10. The zero-order valence-corrected chi connectivity index (χ0v) is 9.09. The van der Waals surface area contributed by atoms with Crippen LogP contribution in [-0.2, 0) is 0 Å². The summed E-state index contributed by atoms with van der Waals surface area (Å²) in [4.78, 5) is 11.7. The first-order valence-electron chi connectivity index (χ1n) is 4.70. The third kappa shape index (κ3) is 2.76. The summed E-state index contributed by atoms with van der Waals surface area (Å²) in [6.45, 7) is 1.49. The molecule has 0 aliphatic heterocycles. The van der Waals surface area contributed by atoms with Gasteiger partial charge in [0.15, 0.2) is 5.78 Å². The molecule has 1 N–H and O–H groups in total. The Morgan fingerprint density at radius 3 is 2.80 bits per heavy atom. The predicted molar refractivity (Wildman–Crippen MR) is 56.6 cm³/mol. The van der Waals surface area contributed by atoms with Gasteiger partial charge in [-0.25, -0.2) is 4.39 Å². The zero-order chi connectivity index (χ0) is 11.4. The van der Waals surface area contributed by atoms with Gasteiger partial charge in [-0.05, 0) is 24.6 Å². The Morgan fingerprint density at radius 1 is 1.60 bits per heavy atom. The van der Waals surface area contributed by atoms with Gasteiger partial charge < -0.3 is 5.11 Å². The third-order valence-electron chi connectivity index (χ3n) is 2.28. The molecule has 0 radical (unpaired) electrons. The summed E-state index contributed by atoms with van der Waals surface area (Å²) >= 11 is 5.67. The molecule has 0 spiro atoms. The molecule has 0 aromatic heterocycles. The summed E-state index contributed by atoms with van der Waals surface area (Å²) in [5, 5.41) is 9.25. The maximum absolute atomic E-state index is 13.3. The molecule has 0 heterocycles. The summed E-state index contributed by atoms with van der Waals surface area (Å²) in [6.07, 6.45) is 0.473. The average Bonchev–Trinajstić information content (AvgIpc) is 2.23. The first-order valence-corrected chi connectivity index (χ1v) is 5.08. The Kier molecular flexibility index (Phi) is 4.24. The van der Waals surface area contributed by atoms with Crippen LogP contribution >= 0.6 is 11.6 Å². The van der Waals surface area contributed by atoms with E-state index >= 15 is 0 Å². The number of aliphatic hydroxyl groups is 1. The van der Waals surface area contributed by atoms with E-state index in [4.69, 9.17) is 16.7 Å². The fourth-order valence-electron chi connectivity index (χ4n) is 1.30. The summed E-state index contributed by atoms with van der Waals surface area (Å²) in [7, 11) is 0. The zero-order valence-electron chi connectivity index (χ0n) is 8.34. The standard InChI is InChI=1S/C11H12ClFO2/c1-2-7(6-14)11(15)9-5-8(12)3-4-10(9)13/h3-5,7,14H,2,6H2,1H3. The highest BCUT2D eigenvalue weighted by molar-refractivity contribution is 6.31. The van der Waals surface area contributed by atoms with Crippen molar-refractivity contribution in [2.24, 2.45) is 5.92 Å². The molecule has 2 nitrogen and oxygen atoms in total. The molecule has 1 aromatic carbocycles. The van der Waals surface area contributed by atoms with Gasteiger partial charge in [0.2, 0.25) is 0 Å². The van der Waals surface area contributed by atoms with E-state index in [-0.39, 0.29) is 12.2 Å². The lowest BCUT2D eigenvalue weighted by atomic mass is 9.96. The van der Waals surface area contributed by atoms with Crippen LogP contribution in [0.2, 0.25) is 5.02 Å². The van der Waals surface area contributed by atoms with Crippen LogP contribution in [-0.4, -0.2) is 17.5 Å². The molecule has 0 amide bonds. The van der Waals surface area contributed by atoms with Gasteiger partial charge in [0.05, 0.1) is 12.2 Å². The number of hydrogen-bond donors (Lipinski definition) is 1. The molecule has 0 saturated carbocycles.